The predicted molar refractivity (Wildman–Crippen MR) is 91.4 cm³/mol. The molecule has 1 aliphatic carbocycles. The van der Waals surface area contributed by atoms with E-state index in [1.54, 1.807) is 0 Å². The van der Waals surface area contributed by atoms with Gasteiger partial charge in [-0.25, -0.2) is 0 Å². The van der Waals surface area contributed by atoms with Crippen molar-refractivity contribution in [3.8, 4) is 0 Å². The first-order chi connectivity index (χ1) is 11.9. The second-order valence-corrected chi connectivity index (χ2v) is 6.98. The maximum Gasteiger partial charge on any atom is 0.435 e. The molecule has 0 radical (unpaired) electrons. The first-order valence-corrected chi connectivity index (χ1v) is 9.12. The van der Waals surface area contributed by atoms with Gasteiger partial charge >= 0.3 is 6.18 Å². The number of thiocarbonyl (C=S) groups is 1. The largest absolute Gasteiger partial charge is 0.435 e. The fraction of sp³-hybridized carbons (Fsp3) is 0.750. The highest BCUT2D eigenvalue weighted by Gasteiger charge is 2.37. The van der Waals surface area contributed by atoms with Crippen molar-refractivity contribution in [2.24, 2.45) is 0 Å². The number of ether oxygens (including phenoxy) is 1. The molecule has 9 heteroatoms. The van der Waals surface area contributed by atoms with Gasteiger partial charge in [0.15, 0.2) is 10.8 Å². The van der Waals surface area contributed by atoms with E-state index >= 15 is 0 Å². The van der Waals surface area contributed by atoms with Gasteiger partial charge < -0.3 is 15.4 Å². The van der Waals surface area contributed by atoms with E-state index in [0.717, 1.165) is 32.3 Å². The topological polar surface area (TPSA) is 51.1 Å². The van der Waals surface area contributed by atoms with Gasteiger partial charge in [-0.3, -0.25) is 4.68 Å². The summed E-state index contributed by atoms with van der Waals surface area (Å²) in [6.07, 6.45) is 0.490. The van der Waals surface area contributed by atoms with Crippen molar-refractivity contribution in [2.45, 2.75) is 56.8 Å². The van der Waals surface area contributed by atoms with E-state index in [-0.39, 0.29) is 12.0 Å². The Kier molecular flexibility index (Phi) is 5.83. The molecule has 2 aliphatic rings. The van der Waals surface area contributed by atoms with Crippen LogP contribution in [0.25, 0.3) is 0 Å². The monoisotopic (exact) mass is 376 g/mol. The molecule has 1 aromatic rings. The lowest BCUT2D eigenvalue weighted by Crippen LogP contribution is -2.39. The zero-order chi connectivity index (χ0) is 17.9. The van der Waals surface area contributed by atoms with Crippen molar-refractivity contribution < 1.29 is 17.9 Å². The van der Waals surface area contributed by atoms with E-state index in [4.69, 9.17) is 17.0 Å². The molecule has 0 aromatic carbocycles. The van der Waals surface area contributed by atoms with Crippen molar-refractivity contribution in [2.75, 3.05) is 19.7 Å². The molecule has 1 saturated heterocycles. The molecule has 140 valence electrons. The molecule has 1 aliphatic heterocycles. The maximum atomic E-state index is 12.8. The number of halogens is 3. The van der Waals surface area contributed by atoms with Crippen LogP contribution in [0, 0.1) is 0 Å². The molecule has 1 saturated carbocycles. The fourth-order valence-electron chi connectivity index (χ4n) is 2.96. The van der Waals surface area contributed by atoms with Gasteiger partial charge in [0.05, 0.1) is 6.10 Å². The summed E-state index contributed by atoms with van der Waals surface area (Å²) < 4.78 is 45.6. The van der Waals surface area contributed by atoms with E-state index in [9.17, 15) is 13.2 Å². The number of hydrogen-bond acceptors (Lipinski definition) is 3. The van der Waals surface area contributed by atoms with Gasteiger partial charge in [-0.2, -0.15) is 18.3 Å². The fourth-order valence-corrected chi connectivity index (χ4v) is 3.15. The van der Waals surface area contributed by atoms with Gasteiger partial charge in [0.2, 0.25) is 0 Å². The molecule has 2 fully saturated rings. The van der Waals surface area contributed by atoms with Crippen LogP contribution in [0.15, 0.2) is 6.07 Å². The molecule has 25 heavy (non-hydrogen) atoms. The van der Waals surface area contributed by atoms with E-state index in [1.165, 1.54) is 10.7 Å². The molecule has 1 atom stereocenters. The second kappa shape index (κ2) is 7.90. The number of aromatic nitrogens is 2. The van der Waals surface area contributed by atoms with Crippen LogP contribution in [-0.4, -0.2) is 40.7 Å². The molecule has 3 rings (SSSR count). The highest BCUT2D eigenvalue weighted by molar-refractivity contribution is 7.80. The summed E-state index contributed by atoms with van der Waals surface area (Å²) in [6, 6.07) is 1.19. The van der Waals surface area contributed by atoms with Crippen LogP contribution in [0.1, 0.15) is 49.4 Å². The van der Waals surface area contributed by atoms with Crippen molar-refractivity contribution in [3.63, 3.8) is 0 Å². The Hall–Kier alpha value is -1.35. The maximum absolute atomic E-state index is 12.8. The standard InChI is InChI=1S/C16H23F3N4OS/c17-16(18,19)14-9-13(11-4-5-11)23(22-14)7-2-6-20-15(25)21-10-12-3-1-8-24-12/h9,11-12H,1-8,10H2,(H2,20,21,25). The third-order valence-corrected chi connectivity index (χ3v) is 4.73. The average Bonchev–Trinajstić information content (AvgIpc) is 3.09. The van der Waals surface area contributed by atoms with Crippen LogP contribution in [0.3, 0.4) is 0 Å². The van der Waals surface area contributed by atoms with Crippen molar-refractivity contribution in [3.05, 3.63) is 17.5 Å². The van der Waals surface area contributed by atoms with Gasteiger partial charge in [-0.1, -0.05) is 0 Å². The lowest BCUT2D eigenvalue weighted by molar-refractivity contribution is -0.141. The Morgan fingerprint density at radius 2 is 2.12 bits per heavy atom. The molecule has 0 amide bonds. The number of hydrogen-bond donors (Lipinski definition) is 2. The Balaban J connectivity index is 1.41. The summed E-state index contributed by atoms with van der Waals surface area (Å²) in [6.45, 7) is 2.53. The predicted octanol–water partition coefficient (Wildman–Crippen LogP) is 2.81. The highest BCUT2D eigenvalue weighted by Crippen LogP contribution is 2.42. The van der Waals surface area contributed by atoms with E-state index in [2.05, 4.69) is 15.7 Å². The average molecular weight is 376 g/mol. The van der Waals surface area contributed by atoms with Gasteiger partial charge in [0.1, 0.15) is 0 Å². The number of aryl methyl sites for hydroxylation is 1. The first-order valence-electron chi connectivity index (χ1n) is 8.72. The summed E-state index contributed by atoms with van der Waals surface area (Å²) in [7, 11) is 0. The third kappa shape index (κ3) is 5.31. The minimum absolute atomic E-state index is 0.214. The highest BCUT2D eigenvalue weighted by atomic mass is 32.1. The van der Waals surface area contributed by atoms with Gasteiger partial charge in [0.25, 0.3) is 0 Å². The normalized spacial score (nSPS) is 20.7. The Morgan fingerprint density at radius 3 is 2.76 bits per heavy atom. The molecular formula is C16H23F3N4OS. The van der Waals surface area contributed by atoms with Crippen molar-refractivity contribution >= 4 is 17.3 Å². The number of rotatable bonds is 7. The van der Waals surface area contributed by atoms with Crippen molar-refractivity contribution in [1.29, 1.82) is 0 Å². The van der Waals surface area contributed by atoms with Gasteiger partial charge in [0, 0.05) is 37.9 Å². The van der Waals surface area contributed by atoms with E-state index < -0.39 is 11.9 Å². The molecule has 2 heterocycles. The van der Waals surface area contributed by atoms with Gasteiger partial charge in [-0.05, 0) is 50.4 Å². The number of nitrogens with zero attached hydrogens (tertiary/aromatic N) is 2. The molecule has 2 N–H and O–H groups in total. The zero-order valence-electron chi connectivity index (χ0n) is 13.9. The second-order valence-electron chi connectivity index (χ2n) is 6.58. The molecule has 1 aromatic heterocycles. The number of nitrogens with one attached hydrogen (secondary N) is 2. The van der Waals surface area contributed by atoms with Crippen LogP contribution in [-0.2, 0) is 17.5 Å². The zero-order valence-corrected chi connectivity index (χ0v) is 14.8. The summed E-state index contributed by atoms with van der Waals surface area (Å²) >= 11 is 5.20. The van der Waals surface area contributed by atoms with E-state index in [0.29, 0.717) is 36.9 Å². The van der Waals surface area contributed by atoms with Crippen LogP contribution in [0.5, 0.6) is 0 Å². The van der Waals surface area contributed by atoms with Crippen LogP contribution in [0.2, 0.25) is 0 Å². The Morgan fingerprint density at radius 1 is 1.32 bits per heavy atom. The molecule has 0 bridgehead atoms. The van der Waals surface area contributed by atoms with Crippen molar-refractivity contribution in [1.82, 2.24) is 20.4 Å². The first kappa shape index (κ1) is 18.4. The molecule has 0 spiro atoms. The number of alkyl halides is 3. The lowest BCUT2D eigenvalue weighted by Gasteiger charge is -2.14. The molecule has 1 unspecified atom stereocenters. The van der Waals surface area contributed by atoms with Crippen LogP contribution < -0.4 is 10.6 Å². The van der Waals surface area contributed by atoms with E-state index in [1.807, 2.05) is 0 Å². The summed E-state index contributed by atoms with van der Waals surface area (Å²) in [4.78, 5) is 0. The van der Waals surface area contributed by atoms with Gasteiger partial charge in [-0.15, -0.1) is 0 Å². The molecule has 5 nitrogen and oxygen atoms in total. The quantitative estimate of drug-likeness (QED) is 0.566. The SMILES string of the molecule is FC(F)(F)c1cc(C2CC2)n(CCCNC(=S)NCC2CCCO2)n1. The van der Waals surface area contributed by atoms with Crippen LogP contribution >= 0.6 is 12.2 Å². The lowest BCUT2D eigenvalue weighted by atomic mass is 10.2. The summed E-state index contributed by atoms with van der Waals surface area (Å²) in [5, 5.41) is 10.5. The van der Waals surface area contributed by atoms with Crippen LogP contribution in [0.4, 0.5) is 13.2 Å². The summed E-state index contributed by atoms with van der Waals surface area (Å²) in [5.41, 5.74) is -0.0949. The Labute approximate surface area is 150 Å². The Bertz CT molecular complexity index is 595. The minimum Gasteiger partial charge on any atom is -0.376 e. The third-order valence-electron chi connectivity index (χ3n) is 4.44. The summed E-state index contributed by atoms with van der Waals surface area (Å²) in [5.74, 6) is 0.228. The smallest absolute Gasteiger partial charge is 0.376 e. The molecular weight excluding hydrogens is 353 g/mol. The minimum atomic E-state index is -4.39.